The van der Waals surface area contributed by atoms with Gasteiger partial charge in [0.15, 0.2) is 5.69 Å². The Labute approximate surface area is 278 Å². The third-order valence-corrected chi connectivity index (χ3v) is 9.26. The summed E-state index contributed by atoms with van der Waals surface area (Å²) in [6.45, 7) is 7.26. The highest BCUT2D eigenvalue weighted by atomic mass is 16.3. The first kappa shape index (κ1) is 27.7. The monoisotopic (exact) mass is 612 g/mol. The molecule has 0 radical (unpaired) electrons. The molecule has 0 aliphatic carbocycles. The van der Waals surface area contributed by atoms with Crippen molar-refractivity contribution >= 4 is 66.2 Å². The molecule has 8 aromatic carbocycles. The molecule has 1 aromatic heterocycles. The fourth-order valence-corrected chi connectivity index (χ4v) is 6.93. The van der Waals surface area contributed by atoms with Crippen molar-refractivity contribution in [1.82, 2.24) is 0 Å². The topological polar surface area (TPSA) is 20.7 Å². The quantitative estimate of drug-likeness (QED) is 0.142. The van der Waals surface area contributed by atoms with Crippen molar-refractivity contribution in [2.75, 3.05) is 4.90 Å². The van der Waals surface area contributed by atoms with Crippen LogP contribution < -0.4 is 4.90 Å². The van der Waals surface area contributed by atoms with Crippen molar-refractivity contribution in [3.05, 3.63) is 181 Å². The van der Waals surface area contributed by atoms with E-state index < -0.39 is 0 Å². The smallest absolute Gasteiger partial charge is 0.187 e. The van der Waals surface area contributed by atoms with Crippen LogP contribution in [0.1, 0.15) is 0 Å². The molecule has 0 fully saturated rings. The Hall–Kier alpha value is -6.63. The Morgan fingerprint density at radius 3 is 1.92 bits per heavy atom. The number of rotatable bonds is 5. The van der Waals surface area contributed by atoms with Gasteiger partial charge in [0.2, 0.25) is 0 Å². The lowest BCUT2D eigenvalue weighted by molar-refractivity contribution is 0.669. The molecular formula is C45H28N2O. The fourth-order valence-electron chi connectivity index (χ4n) is 6.93. The van der Waals surface area contributed by atoms with Crippen LogP contribution in [0.3, 0.4) is 0 Å². The summed E-state index contributed by atoms with van der Waals surface area (Å²) >= 11 is 0. The minimum absolute atomic E-state index is 0.644. The van der Waals surface area contributed by atoms with E-state index in [1.807, 2.05) is 30.3 Å². The normalized spacial score (nSPS) is 11.3. The van der Waals surface area contributed by atoms with Crippen molar-refractivity contribution in [2.45, 2.75) is 0 Å². The zero-order valence-electron chi connectivity index (χ0n) is 26.0. The van der Waals surface area contributed by atoms with Crippen molar-refractivity contribution in [3.63, 3.8) is 0 Å². The third-order valence-electron chi connectivity index (χ3n) is 9.26. The molecule has 0 spiro atoms. The molecule has 1 heterocycles. The number of hydrogen-bond acceptors (Lipinski definition) is 2. The highest BCUT2D eigenvalue weighted by Gasteiger charge is 2.18. The number of anilines is 3. The van der Waals surface area contributed by atoms with Gasteiger partial charge in [-0.1, -0.05) is 115 Å². The van der Waals surface area contributed by atoms with Gasteiger partial charge in [0, 0.05) is 27.8 Å². The predicted molar refractivity (Wildman–Crippen MR) is 201 cm³/mol. The summed E-state index contributed by atoms with van der Waals surface area (Å²) in [7, 11) is 0. The average Bonchev–Trinajstić information content (AvgIpc) is 3.54. The Kier molecular flexibility index (Phi) is 6.52. The van der Waals surface area contributed by atoms with Gasteiger partial charge in [0.25, 0.3) is 0 Å². The Balaban J connectivity index is 1.18. The summed E-state index contributed by atoms with van der Waals surface area (Å²) in [6, 6.07) is 59.4. The summed E-state index contributed by atoms with van der Waals surface area (Å²) in [5.41, 5.74) is 10.0. The Bertz CT molecular complexity index is 2660. The Morgan fingerprint density at radius 1 is 0.438 bits per heavy atom. The molecule has 9 aromatic rings. The number of hydrogen-bond donors (Lipinski definition) is 0. The molecule has 224 valence electrons. The van der Waals surface area contributed by atoms with Crippen LogP contribution in [0.15, 0.2) is 174 Å². The lowest BCUT2D eigenvalue weighted by atomic mass is 9.95. The summed E-state index contributed by atoms with van der Waals surface area (Å²) in [5.74, 6) is 0. The van der Waals surface area contributed by atoms with Crippen LogP contribution in [0, 0.1) is 6.57 Å². The second kappa shape index (κ2) is 11.3. The van der Waals surface area contributed by atoms with Gasteiger partial charge < -0.3 is 9.32 Å². The van der Waals surface area contributed by atoms with Crippen LogP contribution >= 0.6 is 0 Å². The summed E-state index contributed by atoms with van der Waals surface area (Å²) < 4.78 is 6.45. The summed E-state index contributed by atoms with van der Waals surface area (Å²) in [4.78, 5) is 5.81. The molecule has 3 nitrogen and oxygen atoms in total. The molecule has 3 heteroatoms. The van der Waals surface area contributed by atoms with E-state index in [2.05, 4.69) is 149 Å². The first-order valence-electron chi connectivity index (χ1n) is 16.0. The van der Waals surface area contributed by atoms with E-state index >= 15 is 0 Å². The molecule has 48 heavy (non-hydrogen) atoms. The standard InChI is InChI=1S/C45H28N2O/c1-46-35-21-16-30(17-22-35)31-18-23-37(24-19-31)47(36-9-3-2-4-10-36)38-25-27-43-42(29-38)45-41(12-7-13-44(45)48-43)34-20-26-40-33(28-34)15-14-32-8-5-6-11-39(32)40/h2-29H. The SMILES string of the molecule is [C-]#[N+]c1ccc(-c2ccc(N(c3ccccc3)c3ccc4oc5cccc(-c6ccc7c(ccc8ccccc87)c6)c5c4c3)cc2)cc1. The maximum Gasteiger partial charge on any atom is 0.187 e. The van der Waals surface area contributed by atoms with E-state index in [9.17, 15) is 0 Å². The van der Waals surface area contributed by atoms with E-state index in [-0.39, 0.29) is 0 Å². The maximum atomic E-state index is 7.26. The molecule has 0 saturated heterocycles. The van der Waals surface area contributed by atoms with Crippen molar-refractivity contribution in [3.8, 4) is 22.3 Å². The lowest BCUT2D eigenvalue weighted by Crippen LogP contribution is -2.09. The number of benzene rings is 8. The first-order chi connectivity index (χ1) is 23.7. The minimum atomic E-state index is 0.644. The number of para-hydroxylation sites is 1. The average molecular weight is 613 g/mol. The van der Waals surface area contributed by atoms with Crippen LogP contribution in [0.2, 0.25) is 0 Å². The number of nitrogens with zero attached hydrogens (tertiary/aromatic N) is 2. The van der Waals surface area contributed by atoms with Gasteiger partial charge in [-0.15, -0.1) is 0 Å². The van der Waals surface area contributed by atoms with Gasteiger partial charge in [0.05, 0.1) is 6.57 Å². The number of furan rings is 1. The molecule has 0 amide bonds. The maximum absolute atomic E-state index is 7.26. The summed E-state index contributed by atoms with van der Waals surface area (Å²) in [5, 5.41) is 7.19. The molecule has 0 atom stereocenters. The van der Waals surface area contributed by atoms with Gasteiger partial charge in [-0.05, 0) is 98.4 Å². The first-order valence-corrected chi connectivity index (χ1v) is 16.0. The van der Waals surface area contributed by atoms with Crippen molar-refractivity contribution in [2.24, 2.45) is 0 Å². The minimum Gasteiger partial charge on any atom is -0.456 e. The van der Waals surface area contributed by atoms with Crippen LogP contribution in [0.5, 0.6) is 0 Å². The van der Waals surface area contributed by atoms with E-state index in [0.29, 0.717) is 5.69 Å². The molecular weight excluding hydrogens is 585 g/mol. The molecule has 0 saturated carbocycles. The van der Waals surface area contributed by atoms with E-state index in [4.69, 9.17) is 11.0 Å². The molecule has 0 N–H and O–H groups in total. The summed E-state index contributed by atoms with van der Waals surface area (Å²) in [6.07, 6.45) is 0. The lowest BCUT2D eigenvalue weighted by Gasteiger charge is -2.25. The Morgan fingerprint density at radius 2 is 1.10 bits per heavy atom. The van der Waals surface area contributed by atoms with Gasteiger partial charge in [-0.2, -0.15) is 0 Å². The predicted octanol–water partition coefficient (Wildman–Crippen LogP) is 13.2. The third kappa shape index (κ3) is 4.67. The molecule has 0 aliphatic heterocycles. The van der Waals surface area contributed by atoms with Crippen LogP contribution in [0.25, 0.3) is 70.6 Å². The largest absolute Gasteiger partial charge is 0.456 e. The van der Waals surface area contributed by atoms with Gasteiger partial charge in [-0.25, -0.2) is 4.85 Å². The van der Waals surface area contributed by atoms with E-state index in [1.54, 1.807) is 0 Å². The second-order valence-corrected chi connectivity index (χ2v) is 12.1. The van der Waals surface area contributed by atoms with E-state index in [1.165, 1.54) is 21.5 Å². The molecule has 0 bridgehead atoms. The second-order valence-electron chi connectivity index (χ2n) is 12.1. The zero-order chi connectivity index (χ0) is 32.0. The van der Waals surface area contributed by atoms with Gasteiger partial charge >= 0.3 is 0 Å². The highest BCUT2D eigenvalue weighted by molar-refractivity contribution is 6.15. The van der Waals surface area contributed by atoms with Gasteiger partial charge in [-0.3, -0.25) is 0 Å². The molecule has 0 unspecified atom stereocenters. The van der Waals surface area contributed by atoms with Crippen molar-refractivity contribution in [1.29, 1.82) is 0 Å². The van der Waals surface area contributed by atoms with Gasteiger partial charge in [0.1, 0.15) is 11.2 Å². The van der Waals surface area contributed by atoms with Crippen LogP contribution in [0.4, 0.5) is 22.7 Å². The van der Waals surface area contributed by atoms with E-state index in [0.717, 1.165) is 61.3 Å². The van der Waals surface area contributed by atoms with Crippen LogP contribution in [-0.2, 0) is 0 Å². The number of fused-ring (bicyclic) bond motifs is 6. The van der Waals surface area contributed by atoms with Crippen LogP contribution in [-0.4, -0.2) is 0 Å². The molecule has 9 rings (SSSR count). The highest BCUT2D eigenvalue weighted by Crippen LogP contribution is 2.42. The van der Waals surface area contributed by atoms with Crippen molar-refractivity contribution < 1.29 is 4.42 Å². The molecule has 0 aliphatic rings. The fraction of sp³-hybridized carbons (Fsp3) is 0. The zero-order valence-corrected chi connectivity index (χ0v) is 26.0.